The topological polar surface area (TPSA) is 151 Å². The molecule has 0 aliphatic carbocycles. The van der Waals surface area contributed by atoms with Crippen LogP contribution in [0.2, 0.25) is 0 Å². The first-order chi connectivity index (χ1) is 15.5. The van der Waals surface area contributed by atoms with Crippen molar-refractivity contribution in [2.24, 2.45) is 0 Å². The van der Waals surface area contributed by atoms with Crippen LogP contribution in [-0.4, -0.2) is 69.0 Å². The minimum absolute atomic E-state index is 0.264. The standard InChI is InChI=1S/2C12H22O4.O.Os/c2*1-9(7-8-16-10(2)13)5-6-11(14)12(3,4)15;;/h2*7,11,14-15H,5-6,8H2,1-4H3;;/b2*9-7+;;. The summed E-state index contributed by atoms with van der Waals surface area (Å²) < 4.78 is 17.8. The summed E-state index contributed by atoms with van der Waals surface area (Å²) in [5, 5.41) is 38.2. The van der Waals surface area contributed by atoms with Crippen LogP contribution in [0.15, 0.2) is 23.3 Å². The third kappa shape index (κ3) is 25.3. The molecule has 0 heterocycles. The number of carbonyl (C=O) groups is 2. The van der Waals surface area contributed by atoms with Crippen LogP contribution in [-0.2, 0) is 41.2 Å². The van der Waals surface area contributed by atoms with E-state index in [1.54, 1.807) is 39.8 Å². The van der Waals surface area contributed by atoms with E-state index < -0.39 is 23.4 Å². The molecule has 202 valence electrons. The van der Waals surface area contributed by atoms with Gasteiger partial charge in [-0.25, -0.2) is 0 Å². The molecule has 0 aliphatic rings. The van der Waals surface area contributed by atoms with Crippen LogP contribution in [0.25, 0.3) is 0 Å². The van der Waals surface area contributed by atoms with Gasteiger partial charge in [0.05, 0.1) is 23.4 Å². The van der Waals surface area contributed by atoms with Gasteiger partial charge in [0.2, 0.25) is 0 Å². The summed E-state index contributed by atoms with van der Waals surface area (Å²) in [5.41, 5.74) is -0.0825. The number of hydrogen-bond donors (Lipinski definition) is 4. The van der Waals surface area contributed by atoms with Gasteiger partial charge in [0.15, 0.2) is 0 Å². The molecule has 0 aromatic heterocycles. The minimum atomic E-state index is -1.07. The molecular weight excluding hydrogens is 622 g/mol. The van der Waals surface area contributed by atoms with Gasteiger partial charge in [0.25, 0.3) is 0 Å². The Labute approximate surface area is 214 Å². The first-order valence-electron chi connectivity index (χ1n) is 11.0. The second-order valence-electron chi connectivity index (χ2n) is 9.12. The molecule has 2 unspecified atom stereocenters. The van der Waals surface area contributed by atoms with E-state index >= 15 is 0 Å². The molecule has 9 nitrogen and oxygen atoms in total. The summed E-state index contributed by atoms with van der Waals surface area (Å²) in [6.45, 7) is 13.4. The van der Waals surface area contributed by atoms with E-state index in [4.69, 9.17) is 13.0 Å². The van der Waals surface area contributed by atoms with E-state index in [0.29, 0.717) is 44.2 Å². The Balaban J connectivity index is -0.000000526. The Morgan fingerprint density at radius 3 is 1.21 bits per heavy atom. The number of aliphatic hydroxyl groups is 4. The first-order valence-corrected chi connectivity index (χ1v) is 12.0. The molecule has 10 heteroatoms. The quantitative estimate of drug-likeness (QED) is 0.182. The van der Waals surface area contributed by atoms with Gasteiger partial charge in [-0.15, -0.1) is 0 Å². The van der Waals surface area contributed by atoms with Crippen LogP contribution in [0.1, 0.15) is 81.1 Å². The van der Waals surface area contributed by atoms with Gasteiger partial charge < -0.3 is 29.9 Å². The molecule has 0 bridgehead atoms. The second kappa shape index (κ2) is 19.9. The van der Waals surface area contributed by atoms with Crippen LogP contribution in [0.5, 0.6) is 0 Å². The number of ether oxygens (including phenoxy) is 2. The van der Waals surface area contributed by atoms with E-state index in [9.17, 15) is 30.0 Å². The summed E-state index contributed by atoms with van der Waals surface area (Å²) in [7, 11) is 0. The number of allylic oxidation sites excluding steroid dienone is 2. The summed E-state index contributed by atoms with van der Waals surface area (Å²) in [4.78, 5) is 21.0. The molecule has 34 heavy (non-hydrogen) atoms. The Kier molecular flexibility index (Phi) is 21.9. The molecule has 0 saturated heterocycles. The van der Waals surface area contributed by atoms with Crippen molar-refractivity contribution in [1.29, 1.82) is 0 Å². The van der Waals surface area contributed by atoms with Crippen molar-refractivity contribution in [3.63, 3.8) is 0 Å². The van der Waals surface area contributed by atoms with E-state index in [0.717, 1.165) is 11.1 Å². The zero-order valence-electron chi connectivity index (χ0n) is 21.7. The SMILES string of the molecule is CC(=O)OC/C=C(\C)CCC(O)C(C)(C)O.CC(=O)OC/C=C(\C)CCC(O)C(C)(C)O.[O]=[Os]. The van der Waals surface area contributed by atoms with E-state index in [2.05, 4.69) is 0 Å². The molecule has 0 aliphatic heterocycles. The number of carbonyl (C=O) groups excluding carboxylic acids is 2. The van der Waals surface area contributed by atoms with Gasteiger partial charge in [-0.3, -0.25) is 9.59 Å². The summed E-state index contributed by atoms with van der Waals surface area (Å²) in [5.74, 6) is -0.610. The first kappa shape index (κ1) is 37.2. The van der Waals surface area contributed by atoms with Crippen molar-refractivity contribution in [3.8, 4) is 0 Å². The van der Waals surface area contributed by atoms with Crippen molar-refractivity contribution in [3.05, 3.63) is 23.3 Å². The Bertz CT molecular complexity index is 577. The Morgan fingerprint density at radius 2 is 1.00 bits per heavy atom. The fourth-order valence-corrected chi connectivity index (χ4v) is 2.24. The summed E-state index contributed by atoms with van der Waals surface area (Å²) >= 11 is 0.611. The van der Waals surface area contributed by atoms with Gasteiger partial charge in [0.1, 0.15) is 13.2 Å². The Hall–Kier alpha value is -1.30. The fourth-order valence-electron chi connectivity index (χ4n) is 2.24. The molecule has 0 aromatic rings. The number of esters is 2. The van der Waals surface area contributed by atoms with Crippen LogP contribution in [0.4, 0.5) is 0 Å². The molecule has 0 radical (unpaired) electrons. The molecule has 0 spiro atoms. The monoisotopic (exact) mass is 668 g/mol. The fraction of sp³-hybridized carbons (Fsp3) is 0.750. The summed E-state index contributed by atoms with van der Waals surface area (Å²) in [6.07, 6.45) is 4.45. The second-order valence-corrected chi connectivity index (χ2v) is 9.12. The van der Waals surface area contributed by atoms with Crippen molar-refractivity contribution in [1.82, 2.24) is 0 Å². The van der Waals surface area contributed by atoms with Crippen molar-refractivity contribution >= 4 is 11.9 Å². The normalized spacial score (nSPS) is 14.0. The van der Waals surface area contributed by atoms with Gasteiger partial charge in [0, 0.05) is 13.8 Å². The van der Waals surface area contributed by atoms with Gasteiger partial charge >= 0.3 is 34.0 Å². The number of aliphatic hydroxyl groups excluding tert-OH is 2. The van der Waals surface area contributed by atoms with E-state index in [1.807, 2.05) is 13.8 Å². The zero-order valence-corrected chi connectivity index (χ0v) is 24.3. The number of hydrogen-bond acceptors (Lipinski definition) is 9. The van der Waals surface area contributed by atoms with Crippen LogP contribution >= 0.6 is 0 Å². The van der Waals surface area contributed by atoms with Crippen LogP contribution in [0, 0.1) is 0 Å². The summed E-state index contributed by atoms with van der Waals surface area (Å²) in [6, 6.07) is 0. The van der Waals surface area contributed by atoms with Gasteiger partial charge in [-0.05, 0) is 79.4 Å². The maximum atomic E-state index is 10.5. The number of rotatable bonds is 12. The third-order valence-electron chi connectivity index (χ3n) is 4.69. The van der Waals surface area contributed by atoms with Crippen molar-refractivity contribution in [2.45, 2.75) is 104 Å². The van der Waals surface area contributed by atoms with Crippen molar-refractivity contribution < 1.29 is 61.6 Å². The van der Waals surface area contributed by atoms with E-state index in [1.165, 1.54) is 13.8 Å². The predicted octanol–water partition coefficient (Wildman–Crippen LogP) is 2.69. The molecule has 0 amide bonds. The predicted molar refractivity (Wildman–Crippen MR) is 125 cm³/mol. The van der Waals surface area contributed by atoms with Crippen LogP contribution in [0.3, 0.4) is 0 Å². The Morgan fingerprint density at radius 1 is 0.735 bits per heavy atom. The maximum absolute atomic E-state index is 10.5. The van der Waals surface area contributed by atoms with Crippen LogP contribution < -0.4 is 0 Å². The molecular formula is C24H44O9Os. The molecule has 2 atom stereocenters. The van der Waals surface area contributed by atoms with Gasteiger partial charge in [-0.1, -0.05) is 11.1 Å². The molecule has 4 N–H and O–H groups in total. The zero-order chi connectivity index (χ0) is 27.5. The molecule has 0 saturated carbocycles. The third-order valence-corrected chi connectivity index (χ3v) is 4.69. The van der Waals surface area contributed by atoms with Gasteiger partial charge in [-0.2, -0.15) is 0 Å². The molecule has 0 aromatic carbocycles. The average molecular weight is 667 g/mol. The van der Waals surface area contributed by atoms with E-state index in [-0.39, 0.29) is 25.2 Å². The van der Waals surface area contributed by atoms with Crippen molar-refractivity contribution in [2.75, 3.05) is 13.2 Å². The molecule has 0 rings (SSSR count). The average Bonchev–Trinajstić information content (AvgIpc) is 2.70. The molecule has 0 fully saturated rings.